The summed E-state index contributed by atoms with van der Waals surface area (Å²) in [5.41, 5.74) is 4.81. The van der Waals surface area contributed by atoms with Gasteiger partial charge in [0.05, 0.1) is 37.8 Å². The van der Waals surface area contributed by atoms with E-state index in [1.165, 1.54) is 28.9 Å². The van der Waals surface area contributed by atoms with E-state index < -0.39 is 0 Å². The Hall–Kier alpha value is -2.92. The molecule has 0 fully saturated rings. The Labute approximate surface area is 179 Å². The SMILES string of the molecule is CCCC[NH+](C)CCNC(=O)c1cc(Nc2cc(C)cc(C)c2)nc2ccccc12. The van der Waals surface area contributed by atoms with Gasteiger partial charge in [0.2, 0.25) is 0 Å². The van der Waals surface area contributed by atoms with E-state index in [1.807, 2.05) is 30.3 Å². The largest absolute Gasteiger partial charge is 0.346 e. The molecule has 0 aliphatic heterocycles. The Kier molecular flexibility index (Phi) is 7.41. The number of nitrogens with one attached hydrogen (secondary N) is 3. The van der Waals surface area contributed by atoms with Crippen LogP contribution in [0.3, 0.4) is 0 Å². The number of quaternary nitrogens is 1. The number of unbranched alkanes of at least 4 members (excludes halogenated alkanes) is 1. The molecule has 3 rings (SSSR count). The summed E-state index contributed by atoms with van der Waals surface area (Å²) >= 11 is 0. The Balaban J connectivity index is 1.80. The minimum absolute atomic E-state index is 0.0552. The molecule has 30 heavy (non-hydrogen) atoms. The zero-order valence-corrected chi connectivity index (χ0v) is 18.5. The van der Waals surface area contributed by atoms with Gasteiger partial charge in [-0.25, -0.2) is 4.98 Å². The van der Waals surface area contributed by atoms with Gasteiger partial charge in [-0.1, -0.05) is 37.6 Å². The average molecular weight is 406 g/mol. The van der Waals surface area contributed by atoms with Gasteiger partial charge in [0, 0.05) is 11.1 Å². The highest BCUT2D eigenvalue weighted by atomic mass is 16.1. The first-order valence-corrected chi connectivity index (χ1v) is 10.8. The van der Waals surface area contributed by atoms with Crippen LogP contribution >= 0.6 is 0 Å². The molecule has 1 amide bonds. The molecule has 0 radical (unpaired) electrons. The Morgan fingerprint density at radius 2 is 1.77 bits per heavy atom. The van der Waals surface area contributed by atoms with Gasteiger partial charge in [-0.3, -0.25) is 4.79 Å². The average Bonchev–Trinajstić information content (AvgIpc) is 2.70. The number of fused-ring (bicyclic) bond motifs is 1. The van der Waals surface area contributed by atoms with Crippen LogP contribution in [0.2, 0.25) is 0 Å². The molecule has 2 aromatic carbocycles. The first kappa shape index (κ1) is 21.8. The first-order chi connectivity index (χ1) is 14.5. The van der Waals surface area contributed by atoms with Gasteiger partial charge >= 0.3 is 0 Å². The smallest absolute Gasteiger partial charge is 0.252 e. The molecule has 1 atom stereocenters. The van der Waals surface area contributed by atoms with Crippen LogP contribution in [0.15, 0.2) is 48.5 Å². The molecule has 0 spiro atoms. The van der Waals surface area contributed by atoms with Crippen LogP contribution in [-0.4, -0.2) is 37.6 Å². The predicted molar refractivity (Wildman–Crippen MR) is 125 cm³/mol. The third-order valence-corrected chi connectivity index (χ3v) is 5.25. The third-order valence-electron chi connectivity index (χ3n) is 5.25. The van der Waals surface area contributed by atoms with E-state index in [0.717, 1.165) is 29.7 Å². The molecule has 0 aliphatic rings. The maximum atomic E-state index is 13.0. The molecule has 0 bridgehead atoms. The molecule has 5 nitrogen and oxygen atoms in total. The molecule has 0 aliphatic carbocycles. The number of pyridine rings is 1. The van der Waals surface area contributed by atoms with E-state index in [0.29, 0.717) is 17.9 Å². The second-order valence-electron chi connectivity index (χ2n) is 8.14. The third kappa shape index (κ3) is 5.80. The molecule has 158 valence electrons. The molecular weight excluding hydrogens is 372 g/mol. The summed E-state index contributed by atoms with van der Waals surface area (Å²) in [6.45, 7) is 9.06. The topological polar surface area (TPSA) is 58.5 Å². The number of hydrogen-bond acceptors (Lipinski definition) is 3. The minimum Gasteiger partial charge on any atom is -0.346 e. The van der Waals surface area contributed by atoms with Crippen LogP contribution in [-0.2, 0) is 0 Å². The molecule has 1 unspecified atom stereocenters. The molecule has 0 saturated carbocycles. The zero-order valence-electron chi connectivity index (χ0n) is 18.5. The summed E-state index contributed by atoms with van der Waals surface area (Å²) < 4.78 is 0. The number of benzene rings is 2. The number of anilines is 2. The number of rotatable bonds is 9. The van der Waals surface area contributed by atoms with Crippen molar-refractivity contribution >= 4 is 28.3 Å². The van der Waals surface area contributed by atoms with Crippen LogP contribution < -0.4 is 15.5 Å². The normalized spacial score (nSPS) is 12.0. The number of para-hydroxylation sites is 1. The van der Waals surface area contributed by atoms with Crippen molar-refractivity contribution < 1.29 is 9.69 Å². The summed E-state index contributed by atoms with van der Waals surface area (Å²) in [7, 11) is 2.18. The molecular formula is C25H33N4O+. The fourth-order valence-corrected chi connectivity index (χ4v) is 3.71. The lowest BCUT2D eigenvalue weighted by Crippen LogP contribution is -3.09. The zero-order chi connectivity index (χ0) is 21.5. The summed E-state index contributed by atoms with van der Waals surface area (Å²) in [6.07, 6.45) is 2.41. The van der Waals surface area contributed by atoms with Gasteiger partial charge in [0.25, 0.3) is 5.91 Å². The lowest BCUT2D eigenvalue weighted by molar-refractivity contribution is -0.878. The van der Waals surface area contributed by atoms with Crippen LogP contribution in [0, 0.1) is 13.8 Å². The maximum Gasteiger partial charge on any atom is 0.252 e. The van der Waals surface area contributed by atoms with Gasteiger partial charge in [0.15, 0.2) is 0 Å². The highest BCUT2D eigenvalue weighted by molar-refractivity contribution is 6.07. The Morgan fingerprint density at radius 1 is 1.03 bits per heavy atom. The number of hydrogen-bond donors (Lipinski definition) is 3. The summed E-state index contributed by atoms with van der Waals surface area (Å²) in [5, 5.41) is 7.34. The lowest BCUT2D eigenvalue weighted by Gasteiger charge is -2.15. The van der Waals surface area contributed by atoms with Crippen molar-refractivity contribution in [1.82, 2.24) is 10.3 Å². The van der Waals surface area contributed by atoms with E-state index in [4.69, 9.17) is 4.98 Å². The van der Waals surface area contributed by atoms with E-state index in [9.17, 15) is 4.79 Å². The van der Waals surface area contributed by atoms with Gasteiger partial charge < -0.3 is 15.5 Å². The fraction of sp³-hybridized carbons (Fsp3) is 0.360. The molecule has 1 heterocycles. The Morgan fingerprint density at radius 3 is 2.50 bits per heavy atom. The van der Waals surface area contributed by atoms with E-state index in [1.54, 1.807) is 0 Å². The summed E-state index contributed by atoms with van der Waals surface area (Å²) in [6, 6.07) is 15.9. The summed E-state index contributed by atoms with van der Waals surface area (Å²) in [4.78, 5) is 19.1. The van der Waals surface area contributed by atoms with Crippen LogP contribution in [0.5, 0.6) is 0 Å². The number of aromatic nitrogens is 1. The maximum absolute atomic E-state index is 13.0. The highest BCUT2D eigenvalue weighted by Crippen LogP contribution is 2.24. The minimum atomic E-state index is -0.0552. The van der Waals surface area contributed by atoms with Crippen molar-refractivity contribution in [3.8, 4) is 0 Å². The number of aryl methyl sites for hydroxylation is 2. The van der Waals surface area contributed by atoms with Crippen LogP contribution in [0.1, 0.15) is 41.3 Å². The van der Waals surface area contributed by atoms with E-state index >= 15 is 0 Å². The van der Waals surface area contributed by atoms with Crippen molar-refractivity contribution in [1.29, 1.82) is 0 Å². The highest BCUT2D eigenvalue weighted by Gasteiger charge is 2.14. The van der Waals surface area contributed by atoms with Crippen molar-refractivity contribution in [3.63, 3.8) is 0 Å². The van der Waals surface area contributed by atoms with Gasteiger partial charge in [-0.2, -0.15) is 0 Å². The lowest BCUT2D eigenvalue weighted by atomic mass is 10.1. The van der Waals surface area contributed by atoms with Crippen molar-refractivity contribution in [3.05, 3.63) is 65.2 Å². The van der Waals surface area contributed by atoms with Crippen LogP contribution in [0.25, 0.3) is 10.9 Å². The van der Waals surface area contributed by atoms with Crippen LogP contribution in [0.4, 0.5) is 11.5 Å². The van der Waals surface area contributed by atoms with E-state index in [2.05, 4.69) is 56.7 Å². The molecule has 3 aromatic rings. The molecule has 3 N–H and O–H groups in total. The number of carbonyl (C=O) groups is 1. The number of carbonyl (C=O) groups excluding carboxylic acids is 1. The molecule has 1 aromatic heterocycles. The van der Waals surface area contributed by atoms with Crippen molar-refractivity contribution in [2.24, 2.45) is 0 Å². The standard InChI is InChI=1S/C25H32N4O/c1-5-6-12-29(4)13-11-26-25(30)22-17-24(28-23-10-8-7-9-21(22)23)27-20-15-18(2)14-19(3)16-20/h7-10,14-17H,5-6,11-13H2,1-4H3,(H,26,30)(H,27,28)/p+1. The second-order valence-corrected chi connectivity index (χ2v) is 8.14. The number of amides is 1. The molecule has 0 saturated heterocycles. The number of nitrogens with zero attached hydrogens (tertiary/aromatic N) is 1. The van der Waals surface area contributed by atoms with E-state index in [-0.39, 0.29) is 5.91 Å². The van der Waals surface area contributed by atoms with Crippen molar-refractivity contribution in [2.75, 3.05) is 32.0 Å². The Bertz CT molecular complexity index is 995. The molecule has 5 heteroatoms. The first-order valence-electron chi connectivity index (χ1n) is 10.8. The van der Waals surface area contributed by atoms with Gasteiger partial charge in [-0.05, 0) is 55.7 Å². The monoisotopic (exact) mass is 405 g/mol. The van der Waals surface area contributed by atoms with Gasteiger partial charge in [0.1, 0.15) is 5.82 Å². The van der Waals surface area contributed by atoms with Gasteiger partial charge in [-0.15, -0.1) is 0 Å². The van der Waals surface area contributed by atoms with Crippen molar-refractivity contribution in [2.45, 2.75) is 33.6 Å². The summed E-state index contributed by atoms with van der Waals surface area (Å²) in [5.74, 6) is 0.620. The quantitative estimate of drug-likeness (QED) is 0.509. The number of likely N-dealkylation sites (N-methyl/N-ethyl adjacent to an activating group) is 1. The predicted octanol–water partition coefficient (Wildman–Crippen LogP) is 3.64. The second kappa shape index (κ2) is 10.2. The fourth-order valence-electron chi connectivity index (χ4n) is 3.71.